The average molecular weight is 358 g/mol. The molecule has 132 valence electrons. The van der Waals surface area contributed by atoms with Gasteiger partial charge in [-0.1, -0.05) is 12.1 Å². The normalized spacial score (nSPS) is 16.6. The maximum Gasteiger partial charge on any atom is 0.255 e. The van der Waals surface area contributed by atoms with E-state index in [1.54, 1.807) is 18.2 Å². The van der Waals surface area contributed by atoms with Crippen molar-refractivity contribution in [3.05, 3.63) is 58.7 Å². The Morgan fingerprint density at radius 1 is 1.20 bits per heavy atom. The fourth-order valence-electron chi connectivity index (χ4n) is 3.33. The average Bonchev–Trinajstić information content (AvgIpc) is 2.86. The van der Waals surface area contributed by atoms with E-state index in [0.29, 0.717) is 17.7 Å². The fraction of sp³-hybridized carbons (Fsp3) is 0.316. The molecule has 1 N–H and O–H groups in total. The van der Waals surface area contributed by atoms with Crippen LogP contribution >= 0.6 is 0 Å². The molecule has 1 amide bonds. The highest BCUT2D eigenvalue weighted by Gasteiger charge is 2.32. The molecule has 1 atom stereocenters. The maximum atomic E-state index is 12.6. The predicted molar refractivity (Wildman–Crippen MR) is 101 cm³/mol. The smallest absolute Gasteiger partial charge is 0.255 e. The molecule has 1 heterocycles. The summed E-state index contributed by atoms with van der Waals surface area (Å²) in [5.74, 6) is -0.193. The van der Waals surface area contributed by atoms with Gasteiger partial charge in [0, 0.05) is 17.3 Å². The first kappa shape index (κ1) is 17.5. The van der Waals surface area contributed by atoms with Crippen LogP contribution in [0.15, 0.2) is 36.4 Å². The Morgan fingerprint density at radius 2 is 1.92 bits per heavy atom. The van der Waals surface area contributed by atoms with Crippen LogP contribution in [0.3, 0.4) is 0 Å². The third kappa shape index (κ3) is 3.26. The van der Waals surface area contributed by atoms with Gasteiger partial charge in [-0.05, 0) is 68.1 Å². The van der Waals surface area contributed by atoms with Crippen molar-refractivity contribution in [2.75, 3.05) is 15.9 Å². The van der Waals surface area contributed by atoms with Crippen LogP contribution in [0.2, 0.25) is 0 Å². The van der Waals surface area contributed by atoms with E-state index in [0.717, 1.165) is 22.4 Å². The lowest BCUT2D eigenvalue weighted by Crippen LogP contribution is -2.34. The molecule has 1 aliphatic heterocycles. The second-order valence-electron chi connectivity index (χ2n) is 6.66. The SMILES string of the molecule is Cc1cccc(NC(=O)c2ccc3c(c2)C[C@H](C)N3S(C)(=O)=O)c1C. The standard InChI is InChI=1S/C19H22N2O3S/c1-12-6-5-7-17(14(12)3)20-19(22)15-8-9-18-16(11-15)10-13(2)21(18)25(4,23)24/h5-9,11,13H,10H2,1-4H3,(H,20,22)/t13-/m0/s1. The van der Waals surface area contributed by atoms with Gasteiger partial charge in [-0.15, -0.1) is 0 Å². The van der Waals surface area contributed by atoms with Crippen molar-refractivity contribution in [2.24, 2.45) is 0 Å². The summed E-state index contributed by atoms with van der Waals surface area (Å²) in [6.07, 6.45) is 1.81. The Hall–Kier alpha value is -2.34. The summed E-state index contributed by atoms with van der Waals surface area (Å²) >= 11 is 0. The number of carbonyl (C=O) groups excluding carboxylic acids is 1. The first-order valence-electron chi connectivity index (χ1n) is 8.18. The van der Waals surface area contributed by atoms with Gasteiger partial charge in [-0.3, -0.25) is 9.10 Å². The number of aryl methyl sites for hydroxylation is 1. The summed E-state index contributed by atoms with van der Waals surface area (Å²) in [6.45, 7) is 5.84. The van der Waals surface area contributed by atoms with Crippen molar-refractivity contribution < 1.29 is 13.2 Å². The molecule has 2 aromatic carbocycles. The molecule has 0 saturated heterocycles. The van der Waals surface area contributed by atoms with Crippen molar-refractivity contribution in [1.82, 2.24) is 0 Å². The quantitative estimate of drug-likeness (QED) is 0.916. The number of anilines is 2. The molecule has 2 aromatic rings. The van der Waals surface area contributed by atoms with Gasteiger partial charge in [0.25, 0.3) is 5.91 Å². The molecule has 25 heavy (non-hydrogen) atoms. The summed E-state index contributed by atoms with van der Waals surface area (Å²) in [7, 11) is -3.32. The summed E-state index contributed by atoms with van der Waals surface area (Å²) < 4.78 is 25.4. The number of amides is 1. The largest absolute Gasteiger partial charge is 0.322 e. The maximum absolute atomic E-state index is 12.6. The Kier molecular flexibility index (Phi) is 4.33. The number of hydrogen-bond donors (Lipinski definition) is 1. The molecule has 0 fully saturated rings. The summed E-state index contributed by atoms with van der Waals surface area (Å²) in [6, 6.07) is 10.8. The molecule has 0 bridgehead atoms. The van der Waals surface area contributed by atoms with Crippen molar-refractivity contribution in [2.45, 2.75) is 33.2 Å². The molecule has 0 aromatic heterocycles. The molecule has 1 aliphatic rings. The van der Waals surface area contributed by atoms with Crippen LogP contribution in [0, 0.1) is 13.8 Å². The highest BCUT2D eigenvalue weighted by Crippen LogP contribution is 2.34. The molecular weight excluding hydrogens is 336 g/mol. The zero-order chi connectivity index (χ0) is 18.4. The first-order chi connectivity index (χ1) is 11.7. The highest BCUT2D eigenvalue weighted by molar-refractivity contribution is 7.92. The predicted octanol–water partition coefficient (Wildman–Crippen LogP) is 3.27. The zero-order valence-electron chi connectivity index (χ0n) is 14.8. The van der Waals surface area contributed by atoms with Crippen LogP contribution in [0.1, 0.15) is 34.0 Å². The number of carbonyl (C=O) groups is 1. The molecule has 0 spiro atoms. The van der Waals surface area contributed by atoms with E-state index in [-0.39, 0.29) is 11.9 Å². The van der Waals surface area contributed by atoms with Crippen molar-refractivity contribution in [1.29, 1.82) is 0 Å². The van der Waals surface area contributed by atoms with Gasteiger partial charge in [0.1, 0.15) is 0 Å². The molecular formula is C19H22N2O3S. The number of hydrogen-bond acceptors (Lipinski definition) is 3. The Morgan fingerprint density at radius 3 is 2.60 bits per heavy atom. The lowest BCUT2D eigenvalue weighted by molar-refractivity contribution is 0.102. The molecule has 0 aliphatic carbocycles. The van der Waals surface area contributed by atoms with E-state index >= 15 is 0 Å². The molecule has 0 unspecified atom stereocenters. The van der Waals surface area contributed by atoms with Gasteiger partial charge >= 0.3 is 0 Å². The molecule has 6 heteroatoms. The van der Waals surface area contributed by atoms with E-state index in [1.165, 1.54) is 10.6 Å². The van der Waals surface area contributed by atoms with Crippen LogP contribution in [-0.4, -0.2) is 26.6 Å². The van der Waals surface area contributed by atoms with Gasteiger partial charge in [-0.2, -0.15) is 0 Å². The van der Waals surface area contributed by atoms with E-state index in [1.807, 2.05) is 39.0 Å². The zero-order valence-corrected chi connectivity index (χ0v) is 15.6. The van der Waals surface area contributed by atoms with Crippen LogP contribution in [-0.2, 0) is 16.4 Å². The summed E-state index contributed by atoms with van der Waals surface area (Å²) in [5, 5.41) is 2.94. The van der Waals surface area contributed by atoms with Crippen molar-refractivity contribution >= 4 is 27.3 Å². The Labute approximate surface area is 148 Å². The van der Waals surface area contributed by atoms with E-state index in [4.69, 9.17) is 0 Å². The van der Waals surface area contributed by atoms with Gasteiger partial charge < -0.3 is 5.32 Å². The van der Waals surface area contributed by atoms with Gasteiger partial charge in [0.05, 0.1) is 11.9 Å². The summed E-state index contributed by atoms with van der Waals surface area (Å²) in [5.41, 5.74) is 5.02. The fourth-order valence-corrected chi connectivity index (χ4v) is 4.59. The van der Waals surface area contributed by atoms with Gasteiger partial charge in [-0.25, -0.2) is 8.42 Å². The number of nitrogens with one attached hydrogen (secondary N) is 1. The Bertz CT molecular complexity index is 951. The third-order valence-corrected chi connectivity index (χ3v) is 5.98. The molecule has 0 saturated carbocycles. The monoisotopic (exact) mass is 358 g/mol. The van der Waals surface area contributed by atoms with Crippen molar-refractivity contribution in [3.63, 3.8) is 0 Å². The van der Waals surface area contributed by atoms with Crippen LogP contribution in [0.5, 0.6) is 0 Å². The lowest BCUT2D eigenvalue weighted by Gasteiger charge is -2.21. The van der Waals surface area contributed by atoms with E-state index < -0.39 is 10.0 Å². The first-order valence-corrected chi connectivity index (χ1v) is 10.0. The highest BCUT2D eigenvalue weighted by atomic mass is 32.2. The second kappa shape index (κ2) is 6.19. The number of sulfonamides is 1. The minimum atomic E-state index is -3.32. The molecule has 5 nitrogen and oxygen atoms in total. The lowest BCUT2D eigenvalue weighted by atomic mass is 10.1. The van der Waals surface area contributed by atoms with Gasteiger partial charge in [0.15, 0.2) is 0 Å². The summed E-state index contributed by atoms with van der Waals surface area (Å²) in [4.78, 5) is 12.6. The Balaban J connectivity index is 1.90. The van der Waals surface area contributed by atoms with Crippen molar-refractivity contribution in [3.8, 4) is 0 Å². The van der Waals surface area contributed by atoms with Crippen LogP contribution in [0.25, 0.3) is 0 Å². The van der Waals surface area contributed by atoms with E-state index in [9.17, 15) is 13.2 Å². The second-order valence-corrected chi connectivity index (χ2v) is 8.52. The minimum Gasteiger partial charge on any atom is -0.322 e. The van der Waals surface area contributed by atoms with Gasteiger partial charge in [0.2, 0.25) is 10.0 Å². The van der Waals surface area contributed by atoms with Crippen LogP contribution < -0.4 is 9.62 Å². The molecule has 3 rings (SSSR count). The number of benzene rings is 2. The topological polar surface area (TPSA) is 66.5 Å². The number of nitrogens with zero attached hydrogens (tertiary/aromatic N) is 1. The molecule has 0 radical (unpaired) electrons. The minimum absolute atomic E-state index is 0.137. The number of fused-ring (bicyclic) bond motifs is 1. The third-order valence-electron chi connectivity index (χ3n) is 4.70. The number of rotatable bonds is 3. The van der Waals surface area contributed by atoms with E-state index in [2.05, 4.69) is 5.32 Å². The van der Waals surface area contributed by atoms with Crippen LogP contribution in [0.4, 0.5) is 11.4 Å².